The molecule has 0 spiro atoms. The van der Waals surface area contributed by atoms with Crippen LogP contribution in [0.1, 0.15) is 18.7 Å². The molecule has 1 heterocycles. The maximum atomic E-state index is 5.66. The first-order chi connectivity index (χ1) is 8.31. The summed E-state index contributed by atoms with van der Waals surface area (Å²) < 4.78 is 10.8. The van der Waals surface area contributed by atoms with Crippen LogP contribution >= 0.6 is 0 Å². The van der Waals surface area contributed by atoms with Gasteiger partial charge in [0.1, 0.15) is 5.75 Å². The van der Waals surface area contributed by atoms with Gasteiger partial charge >= 0.3 is 0 Å². The highest BCUT2D eigenvalue weighted by molar-refractivity contribution is 5.54. The van der Waals surface area contributed by atoms with Gasteiger partial charge in [0.25, 0.3) is 5.89 Å². The van der Waals surface area contributed by atoms with E-state index in [-0.39, 0.29) is 0 Å². The maximum Gasteiger partial charge on any atom is 0.257 e. The Balaban J connectivity index is 1.70. The van der Waals surface area contributed by atoms with Gasteiger partial charge in [0.05, 0.1) is 6.61 Å². The van der Waals surface area contributed by atoms with Gasteiger partial charge in [0.2, 0.25) is 0 Å². The van der Waals surface area contributed by atoms with Crippen LogP contribution in [0.3, 0.4) is 0 Å². The summed E-state index contributed by atoms with van der Waals surface area (Å²) in [5, 5.41) is 3.77. The van der Waals surface area contributed by atoms with E-state index in [0.717, 1.165) is 23.8 Å². The number of ether oxygens (including phenoxy) is 1. The van der Waals surface area contributed by atoms with Crippen LogP contribution in [0.5, 0.6) is 5.75 Å². The smallest absolute Gasteiger partial charge is 0.257 e. The number of hydrogen-bond acceptors (Lipinski definition) is 4. The lowest BCUT2D eigenvalue weighted by Gasteiger charge is -2.04. The van der Waals surface area contributed by atoms with E-state index in [2.05, 4.69) is 10.1 Å². The summed E-state index contributed by atoms with van der Waals surface area (Å²) in [5.74, 6) is 2.87. The van der Waals surface area contributed by atoms with Crippen LogP contribution in [-0.4, -0.2) is 16.7 Å². The Morgan fingerprint density at radius 1 is 1.29 bits per heavy atom. The molecule has 3 rings (SSSR count). The molecule has 0 aliphatic heterocycles. The van der Waals surface area contributed by atoms with E-state index in [4.69, 9.17) is 9.26 Å². The molecule has 4 heteroatoms. The van der Waals surface area contributed by atoms with Crippen LogP contribution in [0, 0.1) is 12.8 Å². The molecule has 0 unspecified atom stereocenters. The van der Waals surface area contributed by atoms with Crippen LogP contribution < -0.4 is 4.74 Å². The topological polar surface area (TPSA) is 48.2 Å². The highest BCUT2D eigenvalue weighted by Gasteiger charge is 2.21. The van der Waals surface area contributed by atoms with Gasteiger partial charge in [-0.2, -0.15) is 4.98 Å². The lowest BCUT2D eigenvalue weighted by Crippen LogP contribution is -1.98. The van der Waals surface area contributed by atoms with E-state index in [1.54, 1.807) is 6.92 Å². The van der Waals surface area contributed by atoms with Crippen LogP contribution in [0.15, 0.2) is 28.8 Å². The molecule has 0 bridgehead atoms. The summed E-state index contributed by atoms with van der Waals surface area (Å²) in [5.41, 5.74) is 0.921. The summed E-state index contributed by atoms with van der Waals surface area (Å²) in [6, 6.07) is 7.76. The van der Waals surface area contributed by atoms with E-state index in [0.29, 0.717) is 11.7 Å². The maximum absolute atomic E-state index is 5.66. The number of aromatic nitrogens is 2. The Hall–Kier alpha value is -1.84. The fourth-order valence-electron chi connectivity index (χ4n) is 1.61. The third-order valence-electron chi connectivity index (χ3n) is 2.81. The van der Waals surface area contributed by atoms with Crippen molar-refractivity contribution < 1.29 is 9.26 Å². The zero-order valence-electron chi connectivity index (χ0n) is 9.72. The van der Waals surface area contributed by atoms with Gasteiger partial charge < -0.3 is 9.26 Å². The predicted molar refractivity (Wildman–Crippen MR) is 62.7 cm³/mol. The minimum absolute atomic E-state index is 0.552. The van der Waals surface area contributed by atoms with E-state index < -0.39 is 0 Å². The van der Waals surface area contributed by atoms with Gasteiger partial charge in [0, 0.05) is 5.56 Å². The van der Waals surface area contributed by atoms with Crippen LogP contribution in [0.4, 0.5) is 0 Å². The summed E-state index contributed by atoms with van der Waals surface area (Å²) in [4.78, 5) is 4.18. The third kappa shape index (κ3) is 2.46. The molecule has 1 aliphatic carbocycles. The van der Waals surface area contributed by atoms with Crippen molar-refractivity contribution in [1.82, 2.24) is 10.1 Å². The molecule has 0 N–H and O–H groups in total. The first-order valence-electron chi connectivity index (χ1n) is 5.85. The summed E-state index contributed by atoms with van der Waals surface area (Å²) in [7, 11) is 0. The Labute approximate surface area is 99.6 Å². The summed E-state index contributed by atoms with van der Waals surface area (Å²) in [6.07, 6.45) is 2.61. The molecule has 1 aromatic carbocycles. The van der Waals surface area contributed by atoms with Gasteiger partial charge in [0.15, 0.2) is 5.82 Å². The quantitative estimate of drug-likeness (QED) is 0.810. The fourth-order valence-corrected chi connectivity index (χ4v) is 1.61. The molecule has 2 aromatic rings. The van der Waals surface area contributed by atoms with Crippen LogP contribution in [0.2, 0.25) is 0 Å². The van der Waals surface area contributed by atoms with Gasteiger partial charge in [-0.15, -0.1) is 0 Å². The average Bonchev–Trinajstić information content (AvgIpc) is 3.09. The van der Waals surface area contributed by atoms with Crippen molar-refractivity contribution in [2.75, 3.05) is 6.61 Å². The zero-order chi connectivity index (χ0) is 11.7. The van der Waals surface area contributed by atoms with Crippen LogP contribution in [0.25, 0.3) is 11.5 Å². The highest BCUT2D eigenvalue weighted by Crippen LogP contribution is 2.30. The number of nitrogens with zero attached hydrogens (tertiary/aromatic N) is 2. The van der Waals surface area contributed by atoms with Crippen molar-refractivity contribution in [2.45, 2.75) is 19.8 Å². The normalized spacial score (nSPS) is 14.9. The first-order valence-corrected chi connectivity index (χ1v) is 5.85. The largest absolute Gasteiger partial charge is 0.493 e. The van der Waals surface area contributed by atoms with Gasteiger partial charge in [-0.05, 0) is 49.9 Å². The number of rotatable bonds is 4. The third-order valence-corrected chi connectivity index (χ3v) is 2.81. The van der Waals surface area contributed by atoms with E-state index in [1.165, 1.54) is 12.8 Å². The molecule has 17 heavy (non-hydrogen) atoms. The van der Waals surface area contributed by atoms with E-state index in [1.807, 2.05) is 24.3 Å². The Morgan fingerprint density at radius 2 is 2.06 bits per heavy atom. The number of benzene rings is 1. The molecule has 1 aliphatic rings. The second-order valence-corrected chi connectivity index (χ2v) is 4.43. The van der Waals surface area contributed by atoms with Crippen molar-refractivity contribution in [1.29, 1.82) is 0 Å². The average molecular weight is 230 g/mol. The minimum Gasteiger partial charge on any atom is -0.493 e. The molecule has 0 atom stereocenters. The molecule has 0 saturated heterocycles. The van der Waals surface area contributed by atoms with Crippen molar-refractivity contribution >= 4 is 0 Å². The minimum atomic E-state index is 0.552. The fraction of sp³-hybridized carbons (Fsp3) is 0.385. The first kappa shape index (κ1) is 10.3. The molecule has 1 aromatic heterocycles. The second kappa shape index (κ2) is 4.20. The van der Waals surface area contributed by atoms with Crippen LogP contribution in [-0.2, 0) is 0 Å². The number of aryl methyl sites for hydroxylation is 1. The van der Waals surface area contributed by atoms with E-state index in [9.17, 15) is 0 Å². The van der Waals surface area contributed by atoms with Gasteiger partial charge in [-0.25, -0.2) is 0 Å². The molecule has 1 fully saturated rings. The van der Waals surface area contributed by atoms with E-state index >= 15 is 0 Å². The van der Waals surface area contributed by atoms with Crippen molar-refractivity contribution in [2.24, 2.45) is 5.92 Å². The Morgan fingerprint density at radius 3 is 2.65 bits per heavy atom. The molecule has 0 amide bonds. The van der Waals surface area contributed by atoms with Gasteiger partial charge in [-0.1, -0.05) is 5.16 Å². The molecular formula is C13H14N2O2. The molecular weight excluding hydrogens is 216 g/mol. The highest BCUT2D eigenvalue weighted by atomic mass is 16.5. The monoisotopic (exact) mass is 230 g/mol. The lowest BCUT2D eigenvalue weighted by atomic mass is 10.2. The predicted octanol–water partition coefficient (Wildman–Crippen LogP) is 2.83. The lowest BCUT2D eigenvalue weighted by molar-refractivity contribution is 0.300. The van der Waals surface area contributed by atoms with Crippen molar-refractivity contribution in [3.63, 3.8) is 0 Å². The second-order valence-electron chi connectivity index (χ2n) is 4.43. The molecule has 88 valence electrons. The zero-order valence-corrected chi connectivity index (χ0v) is 9.72. The number of hydrogen-bond donors (Lipinski definition) is 0. The van der Waals surface area contributed by atoms with Crippen molar-refractivity contribution in [3.05, 3.63) is 30.1 Å². The molecule has 1 saturated carbocycles. The van der Waals surface area contributed by atoms with Crippen molar-refractivity contribution in [3.8, 4) is 17.2 Å². The SMILES string of the molecule is Cc1noc(-c2ccc(OCC3CC3)cc2)n1. The summed E-state index contributed by atoms with van der Waals surface area (Å²) in [6.45, 7) is 2.64. The molecule has 4 nitrogen and oxygen atoms in total. The standard InChI is InChI=1S/C13H14N2O2/c1-9-14-13(17-15-9)11-4-6-12(7-5-11)16-8-10-2-3-10/h4-7,10H,2-3,8H2,1H3. The van der Waals surface area contributed by atoms with Gasteiger partial charge in [-0.3, -0.25) is 0 Å². The Bertz CT molecular complexity index is 500. The molecule has 0 radical (unpaired) electrons. The Kier molecular flexibility index (Phi) is 2.55. The summed E-state index contributed by atoms with van der Waals surface area (Å²) >= 11 is 0.